The van der Waals surface area contributed by atoms with Crippen LogP contribution in [0.3, 0.4) is 0 Å². The summed E-state index contributed by atoms with van der Waals surface area (Å²) in [5, 5.41) is 6.40. The Hall–Kier alpha value is -3.01. The first-order valence-corrected chi connectivity index (χ1v) is 9.48. The molecule has 0 saturated carbocycles. The highest BCUT2D eigenvalue weighted by molar-refractivity contribution is 9.10. The van der Waals surface area contributed by atoms with Crippen LogP contribution >= 0.6 is 15.9 Å². The van der Waals surface area contributed by atoms with Crippen molar-refractivity contribution in [2.24, 2.45) is 0 Å². The van der Waals surface area contributed by atoms with Gasteiger partial charge >= 0.3 is 12.5 Å². The summed E-state index contributed by atoms with van der Waals surface area (Å²) >= 11 is 3.41. The van der Waals surface area contributed by atoms with Gasteiger partial charge < -0.3 is 14.0 Å². The lowest BCUT2D eigenvalue weighted by atomic mass is 10.1. The highest BCUT2D eigenvalue weighted by atomic mass is 79.9. The molecule has 158 valence electrons. The van der Waals surface area contributed by atoms with Gasteiger partial charge in [-0.1, -0.05) is 39.3 Å². The Labute approximate surface area is 178 Å². The Morgan fingerprint density at radius 3 is 2.47 bits per heavy atom. The van der Waals surface area contributed by atoms with E-state index in [1.165, 1.54) is 12.1 Å². The van der Waals surface area contributed by atoms with Gasteiger partial charge in [-0.05, 0) is 44.2 Å². The van der Waals surface area contributed by atoms with Gasteiger partial charge in [0.25, 0.3) is 0 Å². The Morgan fingerprint density at radius 2 is 1.83 bits per heavy atom. The Kier molecular flexibility index (Phi) is 6.35. The largest absolute Gasteiger partial charge is 0.573 e. The molecule has 1 heterocycles. The van der Waals surface area contributed by atoms with Crippen molar-refractivity contribution in [2.45, 2.75) is 26.3 Å². The molecule has 6 nitrogen and oxygen atoms in total. The maximum Gasteiger partial charge on any atom is 0.573 e. The summed E-state index contributed by atoms with van der Waals surface area (Å²) < 4.78 is 52.2. The summed E-state index contributed by atoms with van der Waals surface area (Å²) in [6.07, 6.45) is -6.06. The molecule has 10 heteroatoms. The molecule has 0 unspecified atom stereocenters. The van der Waals surface area contributed by atoms with Crippen LogP contribution in [0, 0.1) is 6.92 Å². The van der Waals surface area contributed by atoms with Gasteiger partial charge in [0.15, 0.2) is 5.76 Å². The van der Waals surface area contributed by atoms with Crippen LogP contribution in [0.25, 0.3) is 11.3 Å². The second-order valence-electron chi connectivity index (χ2n) is 6.24. The van der Waals surface area contributed by atoms with Gasteiger partial charge in [-0.3, -0.25) is 5.32 Å². The number of alkyl halides is 3. The summed E-state index contributed by atoms with van der Waals surface area (Å²) in [4.78, 5) is 12.4. The van der Waals surface area contributed by atoms with Crippen LogP contribution in [0.15, 0.2) is 57.5 Å². The van der Waals surface area contributed by atoms with Crippen LogP contribution in [0.5, 0.6) is 5.75 Å². The third-order valence-electron chi connectivity index (χ3n) is 4.07. The lowest BCUT2D eigenvalue weighted by Gasteiger charge is -2.15. The van der Waals surface area contributed by atoms with Crippen molar-refractivity contribution < 1.29 is 32.0 Å². The fourth-order valence-electron chi connectivity index (χ4n) is 2.68. The van der Waals surface area contributed by atoms with E-state index in [0.29, 0.717) is 11.3 Å². The molecule has 0 fully saturated rings. The number of hydrogen-bond acceptors (Lipinski definition) is 5. The second-order valence-corrected chi connectivity index (χ2v) is 7.09. The van der Waals surface area contributed by atoms with E-state index in [-0.39, 0.29) is 17.2 Å². The number of aromatic nitrogens is 1. The average Bonchev–Trinajstić information content (AvgIpc) is 3.02. The van der Waals surface area contributed by atoms with Crippen LogP contribution < -0.4 is 10.1 Å². The first-order chi connectivity index (χ1) is 14.1. The van der Waals surface area contributed by atoms with Crippen molar-refractivity contribution in [3.05, 3.63) is 64.3 Å². The number of benzene rings is 2. The van der Waals surface area contributed by atoms with Gasteiger partial charge in [0.2, 0.25) is 0 Å². The van der Waals surface area contributed by atoms with Crippen molar-refractivity contribution in [3.8, 4) is 17.1 Å². The first kappa shape index (κ1) is 21.7. The monoisotopic (exact) mass is 484 g/mol. The summed E-state index contributed by atoms with van der Waals surface area (Å²) in [5.41, 5.74) is 1.82. The molecule has 1 N–H and O–H groups in total. The van der Waals surface area contributed by atoms with Gasteiger partial charge in [0.1, 0.15) is 23.2 Å². The average molecular weight is 485 g/mol. The highest BCUT2D eigenvalue weighted by Crippen LogP contribution is 2.33. The Balaban J connectivity index is 1.74. The van der Waals surface area contributed by atoms with Gasteiger partial charge in [0, 0.05) is 15.6 Å². The summed E-state index contributed by atoms with van der Waals surface area (Å²) in [5.74, 6) is -0.199. The van der Waals surface area contributed by atoms with Crippen molar-refractivity contribution in [2.75, 3.05) is 5.32 Å². The van der Waals surface area contributed by atoms with Crippen LogP contribution in [0.2, 0.25) is 0 Å². The lowest BCUT2D eigenvalue weighted by Crippen LogP contribution is -2.17. The molecule has 0 aliphatic heterocycles. The molecule has 1 aromatic heterocycles. The number of carbonyl (C=O) groups is 1. The molecule has 30 heavy (non-hydrogen) atoms. The van der Waals surface area contributed by atoms with E-state index in [2.05, 4.69) is 31.1 Å². The first-order valence-electron chi connectivity index (χ1n) is 8.68. The van der Waals surface area contributed by atoms with Crippen LogP contribution in [-0.4, -0.2) is 17.6 Å². The van der Waals surface area contributed by atoms with Crippen molar-refractivity contribution in [1.82, 2.24) is 5.16 Å². The predicted octanol–water partition coefficient (Wildman–Crippen LogP) is 6.62. The molecular weight excluding hydrogens is 469 g/mol. The fourth-order valence-corrected chi connectivity index (χ4v) is 3.29. The highest BCUT2D eigenvalue weighted by Gasteiger charge is 2.31. The number of halogens is 4. The standard InChI is InChI=1S/C20H16BrF3N2O4/c1-11-17(25-19(27)28-12(2)15-5-3-4-6-16(15)21)18(30-26-11)13-7-9-14(10-8-13)29-20(22,23)24/h3-10,12H,1-2H3,(H,25,27)/t12-/m1/s1. The maximum absolute atomic E-state index is 12.4. The van der Waals surface area contributed by atoms with E-state index in [9.17, 15) is 18.0 Å². The fraction of sp³-hybridized carbons (Fsp3) is 0.200. The Bertz CT molecular complexity index is 1040. The van der Waals surface area contributed by atoms with Crippen molar-refractivity contribution in [1.29, 1.82) is 0 Å². The van der Waals surface area contributed by atoms with Gasteiger partial charge in [-0.15, -0.1) is 13.2 Å². The minimum absolute atomic E-state index is 0.177. The van der Waals surface area contributed by atoms with E-state index < -0.39 is 18.6 Å². The SMILES string of the molecule is Cc1noc(-c2ccc(OC(F)(F)F)cc2)c1NC(=O)O[C@H](C)c1ccccc1Br. The minimum atomic E-state index is -4.79. The quantitative estimate of drug-likeness (QED) is 0.440. The molecule has 0 radical (unpaired) electrons. The molecule has 0 saturated heterocycles. The van der Waals surface area contributed by atoms with Crippen LogP contribution in [0.1, 0.15) is 24.3 Å². The second kappa shape index (κ2) is 8.78. The van der Waals surface area contributed by atoms with Gasteiger partial charge in [-0.25, -0.2) is 4.79 Å². The molecule has 0 spiro atoms. The number of rotatable bonds is 5. The topological polar surface area (TPSA) is 73.6 Å². The number of aryl methyl sites for hydroxylation is 1. The van der Waals surface area contributed by atoms with Crippen molar-refractivity contribution >= 4 is 27.7 Å². The van der Waals surface area contributed by atoms with Gasteiger partial charge in [0.05, 0.1) is 0 Å². The van der Waals surface area contributed by atoms with E-state index in [1.54, 1.807) is 13.8 Å². The number of anilines is 1. The van der Waals surface area contributed by atoms with Crippen LogP contribution in [-0.2, 0) is 4.74 Å². The minimum Gasteiger partial charge on any atom is -0.441 e. The number of nitrogens with one attached hydrogen (secondary N) is 1. The Morgan fingerprint density at radius 1 is 1.17 bits per heavy atom. The number of hydrogen-bond donors (Lipinski definition) is 1. The van der Waals surface area contributed by atoms with Gasteiger partial charge in [-0.2, -0.15) is 0 Å². The number of carbonyl (C=O) groups excluding carboxylic acids is 1. The molecule has 1 amide bonds. The zero-order valence-corrected chi connectivity index (χ0v) is 17.4. The zero-order valence-electron chi connectivity index (χ0n) is 15.8. The summed E-state index contributed by atoms with van der Waals surface area (Å²) in [6, 6.07) is 12.3. The molecule has 1 atom stereocenters. The van der Waals surface area contributed by atoms with Crippen molar-refractivity contribution in [3.63, 3.8) is 0 Å². The molecular formula is C20H16BrF3N2O4. The number of nitrogens with zero attached hydrogens (tertiary/aromatic N) is 1. The third-order valence-corrected chi connectivity index (χ3v) is 4.79. The van der Waals surface area contributed by atoms with E-state index in [0.717, 1.165) is 22.2 Å². The smallest absolute Gasteiger partial charge is 0.441 e. The number of ether oxygens (including phenoxy) is 2. The molecule has 3 aromatic rings. The van der Waals surface area contributed by atoms with Crippen LogP contribution in [0.4, 0.5) is 23.7 Å². The summed E-state index contributed by atoms with van der Waals surface area (Å²) in [6.45, 7) is 3.33. The predicted molar refractivity (Wildman–Crippen MR) is 106 cm³/mol. The molecule has 0 aliphatic carbocycles. The van der Waals surface area contributed by atoms with E-state index >= 15 is 0 Å². The molecule has 0 bridgehead atoms. The molecule has 2 aromatic carbocycles. The zero-order chi connectivity index (χ0) is 21.9. The molecule has 0 aliphatic rings. The normalized spacial score (nSPS) is 12.3. The van der Waals surface area contributed by atoms with E-state index in [4.69, 9.17) is 9.26 Å². The summed E-state index contributed by atoms with van der Waals surface area (Å²) in [7, 11) is 0. The maximum atomic E-state index is 12.4. The number of amides is 1. The third kappa shape index (κ3) is 5.32. The lowest BCUT2D eigenvalue weighted by molar-refractivity contribution is -0.274. The molecule has 3 rings (SSSR count). The van der Waals surface area contributed by atoms with E-state index in [1.807, 2.05) is 24.3 Å².